The summed E-state index contributed by atoms with van der Waals surface area (Å²) in [7, 11) is 3.09. The highest BCUT2D eigenvalue weighted by Crippen LogP contribution is 2.35. The zero-order valence-electron chi connectivity index (χ0n) is 10.5. The van der Waals surface area contributed by atoms with Gasteiger partial charge in [-0.1, -0.05) is 12.1 Å². The molecule has 0 unspecified atom stereocenters. The van der Waals surface area contributed by atoms with E-state index in [1.807, 2.05) is 18.2 Å². The summed E-state index contributed by atoms with van der Waals surface area (Å²) in [6, 6.07) is 11.2. The normalized spacial score (nSPS) is 9.79. The molecule has 1 aromatic carbocycles. The highest BCUT2D eigenvalue weighted by molar-refractivity contribution is 9.10. The van der Waals surface area contributed by atoms with E-state index < -0.39 is 0 Å². The van der Waals surface area contributed by atoms with Gasteiger partial charge in [0.15, 0.2) is 5.75 Å². The van der Waals surface area contributed by atoms with Gasteiger partial charge in [0.2, 0.25) is 0 Å². The van der Waals surface area contributed by atoms with E-state index in [4.69, 9.17) is 14.7 Å². The lowest BCUT2D eigenvalue weighted by Gasteiger charge is -2.11. The van der Waals surface area contributed by atoms with Crippen LogP contribution in [0.4, 0.5) is 0 Å². The number of halogens is 1. The maximum absolute atomic E-state index is 8.94. The molecule has 0 N–H and O–H groups in total. The van der Waals surface area contributed by atoms with Crippen LogP contribution in [0.2, 0.25) is 0 Å². The van der Waals surface area contributed by atoms with Crippen molar-refractivity contribution in [1.82, 2.24) is 4.98 Å². The molecule has 0 spiro atoms. The molecule has 5 heteroatoms. The molecule has 1 aromatic heterocycles. The van der Waals surface area contributed by atoms with Gasteiger partial charge in [-0.3, -0.25) is 0 Å². The van der Waals surface area contributed by atoms with E-state index >= 15 is 0 Å². The van der Waals surface area contributed by atoms with Crippen molar-refractivity contribution in [3.05, 3.63) is 40.5 Å². The van der Waals surface area contributed by atoms with Crippen molar-refractivity contribution in [3.8, 4) is 28.8 Å². The number of hydrogen-bond donors (Lipinski definition) is 0. The topological polar surface area (TPSA) is 55.1 Å². The van der Waals surface area contributed by atoms with Crippen LogP contribution < -0.4 is 9.47 Å². The number of aromatic nitrogens is 1. The fourth-order valence-corrected chi connectivity index (χ4v) is 2.21. The maximum Gasteiger partial charge on any atom is 0.257 e. The molecule has 2 aromatic rings. The number of benzene rings is 1. The summed E-state index contributed by atoms with van der Waals surface area (Å²) in [6.07, 6.45) is 0. The van der Waals surface area contributed by atoms with Crippen LogP contribution >= 0.6 is 15.9 Å². The van der Waals surface area contributed by atoms with Gasteiger partial charge in [0.05, 0.1) is 25.9 Å². The summed E-state index contributed by atoms with van der Waals surface area (Å²) in [5, 5.41) is 8.94. The Balaban J connectivity index is 2.59. The smallest absolute Gasteiger partial charge is 0.257 e. The third-order valence-corrected chi connectivity index (χ3v) is 3.23. The van der Waals surface area contributed by atoms with Gasteiger partial charge in [-0.05, 0) is 39.7 Å². The van der Waals surface area contributed by atoms with E-state index in [2.05, 4.69) is 27.0 Å². The Labute approximate surface area is 119 Å². The summed E-state index contributed by atoms with van der Waals surface area (Å²) in [5.74, 6) is 0.956. The zero-order chi connectivity index (χ0) is 13.8. The molecule has 0 bridgehead atoms. The minimum Gasteiger partial charge on any atom is -0.491 e. The number of pyridine rings is 1. The quantitative estimate of drug-likeness (QED) is 0.814. The molecular formula is C14H11BrN2O2. The van der Waals surface area contributed by atoms with Crippen molar-refractivity contribution in [2.24, 2.45) is 0 Å². The maximum atomic E-state index is 8.94. The molecule has 2 rings (SSSR count). The average molecular weight is 319 g/mol. The molecule has 4 nitrogen and oxygen atoms in total. The van der Waals surface area contributed by atoms with E-state index in [0.717, 1.165) is 11.1 Å². The summed E-state index contributed by atoms with van der Waals surface area (Å²) in [6.45, 7) is 0. The molecule has 0 fully saturated rings. The fourth-order valence-electron chi connectivity index (χ4n) is 1.71. The van der Waals surface area contributed by atoms with E-state index in [9.17, 15) is 0 Å². The van der Waals surface area contributed by atoms with Crippen molar-refractivity contribution in [3.63, 3.8) is 0 Å². The van der Waals surface area contributed by atoms with Crippen LogP contribution in [0.15, 0.2) is 34.9 Å². The molecular weight excluding hydrogens is 308 g/mol. The number of nitrogens with zero attached hydrogens (tertiary/aromatic N) is 2. The molecule has 1 heterocycles. The number of ether oxygens (including phenoxy) is 2. The van der Waals surface area contributed by atoms with Gasteiger partial charge in [-0.25, -0.2) is 4.98 Å². The Kier molecular flexibility index (Phi) is 4.03. The van der Waals surface area contributed by atoms with Gasteiger partial charge in [-0.15, -0.1) is 0 Å². The largest absolute Gasteiger partial charge is 0.491 e. The fraction of sp³-hybridized carbons (Fsp3) is 0.143. The molecule has 0 aliphatic carbocycles. The van der Waals surface area contributed by atoms with Crippen molar-refractivity contribution >= 4 is 15.9 Å². The molecule has 96 valence electrons. The van der Waals surface area contributed by atoms with Crippen LogP contribution in [0.25, 0.3) is 11.1 Å². The monoisotopic (exact) mass is 318 g/mol. The van der Waals surface area contributed by atoms with Gasteiger partial charge in [0.25, 0.3) is 5.88 Å². The van der Waals surface area contributed by atoms with Gasteiger partial charge >= 0.3 is 0 Å². The summed E-state index contributed by atoms with van der Waals surface area (Å²) in [4.78, 5) is 4.28. The number of methoxy groups -OCH3 is 2. The van der Waals surface area contributed by atoms with Gasteiger partial charge < -0.3 is 9.47 Å². The third kappa shape index (κ3) is 2.69. The second-order valence-electron chi connectivity index (χ2n) is 3.73. The van der Waals surface area contributed by atoms with Gasteiger partial charge in [0.1, 0.15) is 4.60 Å². The summed E-state index contributed by atoms with van der Waals surface area (Å²) >= 11 is 3.40. The number of rotatable bonds is 3. The standard InChI is InChI=1S/C14H11BrN2O2/c1-18-12-7-11(13(15)17-14(12)19-2)10-5-3-4-9(6-10)8-16/h3-7H,1-2H3. The first kappa shape index (κ1) is 13.4. The van der Waals surface area contributed by atoms with E-state index in [-0.39, 0.29) is 0 Å². The third-order valence-electron chi connectivity index (χ3n) is 2.62. The Morgan fingerprint density at radius 2 is 2.00 bits per heavy atom. The highest BCUT2D eigenvalue weighted by atomic mass is 79.9. The minimum absolute atomic E-state index is 0.412. The van der Waals surface area contributed by atoms with Crippen LogP contribution in [0.3, 0.4) is 0 Å². The lowest BCUT2D eigenvalue weighted by molar-refractivity contribution is 0.342. The zero-order valence-corrected chi connectivity index (χ0v) is 12.1. The average Bonchev–Trinajstić information content (AvgIpc) is 2.46. The SMILES string of the molecule is COc1cc(-c2cccc(C#N)c2)c(Br)nc1OC. The Morgan fingerprint density at radius 1 is 1.21 bits per heavy atom. The lowest BCUT2D eigenvalue weighted by Crippen LogP contribution is -1.95. The second-order valence-corrected chi connectivity index (χ2v) is 4.48. The Morgan fingerprint density at radius 3 is 2.63 bits per heavy atom. The van der Waals surface area contributed by atoms with Crippen molar-refractivity contribution < 1.29 is 9.47 Å². The molecule has 0 atom stereocenters. The molecule has 0 aliphatic heterocycles. The Bertz CT molecular complexity index is 650. The number of nitriles is 1. The van der Waals surface area contributed by atoms with Gasteiger partial charge in [0, 0.05) is 5.56 Å². The first-order valence-corrected chi connectivity index (χ1v) is 6.28. The molecule has 0 aliphatic rings. The van der Waals surface area contributed by atoms with E-state index in [1.165, 1.54) is 7.11 Å². The van der Waals surface area contributed by atoms with E-state index in [0.29, 0.717) is 21.8 Å². The van der Waals surface area contributed by atoms with Crippen LogP contribution in [0.1, 0.15) is 5.56 Å². The van der Waals surface area contributed by atoms with Crippen LogP contribution in [0.5, 0.6) is 11.6 Å². The molecule has 0 saturated carbocycles. The van der Waals surface area contributed by atoms with Gasteiger partial charge in [-0.2, -0.15) is 5.26 Å². The molecule has 19 heavy (non-hydrogen) atoms. The second kappa shape index (κ2) is 5.72. The molecule has 0 radical (unpaired) electrons. The van der Waals surface area contributed by atoms with E-state index in [1.54, 1.807) is 19.2 Å². The first-order valence-electron chi connectivity index (χ1n) is 5.48. The predicted octanol–water partition coefficient (Wildman–Crippen LogP) is 3.40. The molecule has 0 amide bonds. The number of hydrogen-bond acceptors (Lipinski definition) is 4. The van der Waals surface area contributed by atoms with Crippen molar-refractivity contribution in [2.75, 3.05) is 14.2 Å². The van der Waals surface area contributed by atoms with Crippen LogP contribution in [-0.2, 0) is 0 Å². The van der Waals surface area contributed by atoms with Crippen LogP contribution in [0, 0.1) is 11.3 Å². The minimum atomic E-state index is 0.412. The summed E-state index contributed by atoms with van der Waals surface area (Å²) < 4.78 is 11.0. The van der Waals surface area contributed by atoms with Crippen molar-refractivity contribution in [2.45, 2.75) is 0 Å². The highest BCUT2D eigenvalue weighted by Gasteiger charge is 2.13. The lowest BCUT2D eigenvalue weighted by atomic mass is 10.1. The predicted molar refractivity (Wildman–Crippen MR) is 75.2 cm³/mol. The Hall–Kier alpha value is -2.06. The summed E-state index contributed by atoms with van der Waals surface area (Å²) in [5.41, 5.74) is 2.33. The molecule has 0 saturated heterocycles. The van der Waals surface area contributed by atoms with Crippen LogP contribution in [-0.4, -0.2) is 19.2 Å². The van der Waals surface area contributed by atoms with Crippen molar-refractivity contribution in [1.29, 1.82) is 5.26 Å². The first-order chi connectivity index (χ1) is 9.19.